The van der Waals surface area contributed by atoms with Crippen LogP contribution < -0.4 is 20.1 Å². The summed E-state index contributed by atoms with van der Waals surface area (Å²) in [5.74, 6) is 0.417. The molecule has 8 nitrogen and oxygen atoms in total. The number of nitrogens with one attached hydrogen (secondary N) is 2. The van der Waals surface area contributed by atoms with Crippen LogP contribution in [0.3, 0.4) is 0 Å². The molecule has 1 aliphatic rings. The number of amides is 4. The monoisotopic (exact) mass is 335 g/mol. The summed E-state index contributed by atoms with van der Waals surface area (Å²) in [6, 6.07) is 4.50. The topological polar surface area (TPSA) is 97.0 Å². The molecular weight excluding hydrogens is 314 g/mol. The van der Waals surface area contributed by atoms with Crippen LogP contribution in [-0.4, -0.2) is 49.0 Å². The lowest BCUT2D eigenvalue weighted by Gasteiger charge is -2.16. The summed E-state index contributed by atoms with van der Waals surface area (Å²) in [4.78, 5) is 36.9. The predicted molar refractivity (Wildman–Crippen MR) is 87.1 cm³/mol. The second kappa shape index (κ2) is 6.77. The fraction of sp³-hybridized carbons (Fsp3) is 0.438. The van der Waals surface area contributed by atoms with Crippen LogP contribution in [0.1, 0.15) is 20.3 Å². The lowest BCUT2D eigenvalue weighted by Crippen LogP contribution is -2.40. The molecule has 0 unspecified atom stereocenters. The van der Waals surface area contributed by atoms with E-state index in [2.05, 4.69) is 10.6 Å². The molecule has 0 saturated carbocycles. The van der Waals surface area contributed by atoms with Crippen molar-refractivity contribution in [3.8, 4) is 11.5 Å². The van der Waals surface area contributed by atoms with Gasteiger partial charge in [0.05, 0.1) is 14.2 Å². The Morgan fingerprint density at radius 3 is 2.21 bits per heavy atom. The highest BCUT2D eigenvalue weighted by atomic mass is 16.5. The van der Waals surface area contributed by atoms with E-state index in [1.807, 2.05) is 0 Å². The van der Waals surface area contributed by atoms with E-state index in [0.717, 1.165) is 4.90 Å². The molecule has 130 valence electrons. The number of nitrogens with zero attached hydrogens (tertiary/aromatic N) is 1. The minimum Gasteiger partial charge on any atom is -0.497 e. The van der Waals surface area contributed by atoms with Gasteiger partial charge in [0.1, 0.15) is 17.0 Å². The quantitative estimate of drug-likeness (QED) is 0.765. The Balaban J connectivity index is 1.97. The fourth-order valence-electron chi connectivity index (χ4n) is 2.34. The number of methoxy groups -OCH3 is 2. The number of hydrogen-bond acceptors (Lipinski definition) is 5. The van der Waals surface area contributed by atoms with Gasteiger partial charge in [0.15, 0.2) is 0 Å². The number of carbonyl (C=O) groups is 3. The summed E-state index contributed by atoms with van der Waals surface area (Å²) >= 11 is 0. The second-order valence-electron chi connectivity index (χ2n) is 5.91. The van der Waals surface area contributed by atoms with Gasteiger partial charge in [0.2, 0.25) is 5.91 Å². The van der Waals surface area contributed by atoms with E-state index in [0.29, 0.717) is 17.2 Å². The number of imide groups is 1. The molecule has 0 aromatic heterocycles. The third-order valence-electron chi connectivity index (χ3n) is 3.64. The number of benzene rings is 1. The van der Waals surface area contributed by atoms with Crippen LogP contribution in [0.15, 0.2) is 18.2 Å². The average molecular weight is 335 g/mol. The minimum absolute atomic E-state index is 0.00519. The Morgan fingerprint density at radius 2 is 1.75 bits per heavy atom. The summed E-state index contributed by atoms with van der Waals surface area (Å²) in [6.45, 7) is 3.26. The van der Waals surface area contributed by atoms with Crippen molar-refractivity contribution >= 4 is 23.5 Å². The van der Waals surface area contributed by atoms with Gasteiger partial charge in [0.25, 0.3) is 5.91 Å². The summed E-state index contributed by atoms with van der Waals surface area (Å²) < 4.78 is 10.3. The van der Waals surface area contributed by atoms with Gasteiger partial charge < -0.3 is 20.1 Å². The zero-order valence-electron chi connectivity index (χ0n) is 14.1. The number of urea groups is 1. The first-order valence-electron chi connectivity index (χ1n) is 7.44. The van der Waals surface area contributed by atoms with Crippen molar-refractivity contribution in [3.63, 3.8) is 0 Å². The number of hydrogen-bond donors (Lipinski definition) is 2. The van der Waals surface area contributed by atoms with Crippen molar-refractivity contribution in [3.05, 3.63) is 18.2 Å². The first kappa shape index (κ1) is 17.6. The molecule has 8 heteroatoms. The van der Waals surface area contributed by atoms with Crippen LogP contribution in [-0.2, 0) is 9.59 Å². The van der Waals surface area contributed by atoms with E-state index in [4.69, 9.17) is 9.47 Å². The Labute approximate surface area is 140 Å². The molecule has 2 rings (SSSR count). The van der Waals surface area contributed by atoms with Crippen LogP contribution in [0.2, 0.25) is 0 Å². The maximum Gasteiger partial charge on any atom is 0.325 e. The Bertz CT molecular complexity index is 649. The summed E-state index contributed by atoms with van der Waals surface area (Å²) in [6.07, 6.45) is -0.00519. The Hall–Kier alpha value is -2.77. The molecule has 4 amide bonds. The van der Waals surface area contributed by atoms with E-state index in [-0.39, 0.29) is 24.8 Å². The van der Waals surface area contributed by atoms with E-state index in [9.17, 15) is 14.4 Å². The SMILES string of the molecule is COc1cc(NC(=O)CCN2C(=O)NC(C)(C)C2=O)cc(OC)c1. The molecule has 1 heterocycles. The van der Waals surface area contributed by atoms with E-state index in [1.54, 1.807) is 32.0 Å². The molecule has 1 aliphatic heterocycles. The van der Waals surface area contributed by atoms with Crippen LogP contribution in [0, 0.1) is 0 Å². The van der Waals surface area contributed by atoms with Crippen molar-refractivity contribution in [2.45, 2.75) is 25.8 Å². The van der Waals surface area contributed by atoms with E-state index < -0.39 is 11.6 Å². The van der Waals surface area contributed by atoms with Crippen molar-refractivity contribution in [1.82, 2.24) is 10.2 Å². The molecule has 0 bridgehead atoms. The smallest absolute Gasteiger partial charge is 0.325 e. The molecule has 0 radical (unpaired) electrons. The van der Waals surface area contributed by atoms with Gasteiger partial charge in [-0.1, -0.05) is 0 Å². The molecule has 0 atom stereocenters. The molecule has 0 aliphatic carbocycles. The van der Waals surface area contributed by atoms with Gasteiger partial charge >= 0.3 is 6.03 Å². The molecular formula is C16H21N3O5. The maximum absolute atomic E-state index is 12.1. The third-order valence-corrected chi connectivity index (χ3v) is 3.64. The third kappa shape index (κ3) is 3.76. The summed E-state index contributed by atoms with van der Waals surface area (Å²) in [5, 5.41) is 5.27. The van der Waals surface area contributed by atoms with Crippen LogP contribution >= 0.6 is 0 Å². The van der Waals surface area contributed by atoms with Crippen molar-refractivity contribution in [2.75, 3.05) is 26.1 Å². The largest absolute Gasteiger partial charge is 0.497 e. The Kier molecular flexibility index (Phi) is 4.96. The predicted octanol–water partition coefficient (Wildman–Crippen LogP) is 1.36. The minimum atomic E-state index is -0.937. The van der Waals surface area contributed by atoms with Gasteiger partial charge in [-0.2, -0.15) is 0 Å². The van der Waals surface area contributed by atoms with Crippen molar-refractivity contribution < 1.29 is 23.9 Å². The number of carbonyl (C=O) groups excluding carboxylic acids is 3. The maximum atomic E-state index is 12.1. The standard InChI is InChI=1S/C16H21N3O5/c1-16(2)14(21)19(15(22)18-16)6-5-13(20)17-10-7-11(23-3)9-12(8-10)24-4/h7-9H,5-6H2,1-4H3,(H,17,20)(H,18,22). The highest BCUT2D eigenvalue weighted by Gasteiger charge is 2.43. The normalized spacial score (nSPS) is 15.9. The summed E-state index contributed by atoms with van der Waals surface area (Å²) in [5.41, 5.74) is -0.429. The summed E-state index contributed by atoms with van der Waals surface area (Å²) in [7, 11) is 3.03. The van der Waals surface area contributed by atoms with Gasteiger partial charge in [-0.3, -0.25) is 14.5 Å². The lowest BCUT2D eigenvalue weighted by molar-refractivity contribution is -0.130. The second-order valence-corrected chi connectivity index (χ2v) is 5.91. The molecule has 2 N–H and O–H groups in total. The highest BCUT2D eigenvalue weighted by molar-refractivity contribution is 6.06. The first-order chi connectivity index (χ1) is 11.3. The molecule has 0 spiro atoms. The van der Waals surface area contributed by atoms with Crippen LogP contribution in [0.4, 0.5) is 10.5 Å². The molecule has 1 aromatic rings. The molecule has 1 saturated heterocycles. The van der Waals surface area contributed by atoms with Crippen LogP contribution in [0.25, 0.3) is 0 Å². The first-order valence-corrected chi connectivity index (χ1v) is 7.44. The van der Waals surface area contributed by atoms with Gasteiger partial charge in [-0.05, 0) is 13.8 Å². The number of anilines is 1. The Morgan fingerprint density at radius 1 is 1.17 bits per heavy atom. The van der Waals surface area contributed by atoms with Crippen molar-refractivity contribution in [1.29, 1.82) is 0 Å². The molecule has 24 heavy (non-hydrogen) atoms. The fourth-order valence-corrected chi connectivity index (χ4v) is 2.34. The van der Waals surface area contributed by atoms with Crippen molar-refractivity contribution in [2.24, 2.45) is 0 Å². The highest BCUT2D eigenvalue weighted by Crippen LogP contribution is 2.26. The molecule has 1 aromatic carbocycles. The van der Waals surface area contributed by atoms with Gasteiger partial charge in [0, 0.05) is 36.9 Å². The van der Waals surface area contributed by atoms with E-state index >= 15 is 0 Å². The van der Waals surface area contributed by atoms with Crippen LogP contribution in [0.5, 0.6) is 11.5 Å². The number of rotatable bonds is 6. The zero-order chi connectivity index (χ0) is 17.9. The number of ether oxygens (including phenoxy) is 2. The zero-order valence-corrected chi connectivity index (χ0v) is 14.1. The average Bonchev–Trinajstić information content (AvgIpc) is 2.72. The van der Waals surface area contributed by atoms with Gasteiger partial charge in [-0.15, -0.1) is 0 Å². The molecule has 1 fully saturated rings. The lowest BCUT2D eigenvalue weighted by atomic mass is 10.1. The van der Waals surface area contributed by atoms with Gasteiger partial charge in [-0.25, -0.2) is 4.79 Å². The van der Waals surface area contributed by atoms with E-state index in [1.165, 1.54) is 14.2 Å².